The van der Waals surface area contributed by atoms with Crippen LogP contribution in [0.2, 0.25) is 0 Å². The maximum atomic E-state index is 5.79. The monoisotopic (exact) mass is 550 g/mol. The van der Waals surface area contributed by atoms with Gasteiger partial charge >= 0.3 is 0 Å². The number of likely N-dealkylation sites (tertiary alicyclic amines) is 1. The van der Waals surface area contributed by atoms with E-state index in [-0.39, 0.29) is 24.0 Å². The SMILES string of the molecule is CCNC(=NCc1ccc2c(c1)OCCCO2)NCc1ccc(CN2CCCC2)cc1.I. The van der Waals surface area contributed by atoms with Crippen LogP contribution in [-0.4, -0.2) is 43.7 Å². The van der Waals surface area contributed by atoms with Gasteiger partial charge in [-0.15, -0.1) is 24.0 Å². The van der Waals surface area contributed by atoms with E-state index in [9.17, 15) is 0 Å². The smallest absolute Gasteiger partial charge is 0.191 e. The number of aliphatic imine (C=N–C) groups is 1. The van der Waals surface area contributed by atoms with Crippen LogP contribution in [0, 0.1) is 0 Å². The van der Waals surface area contributed by atoms with E-state index in [2.05, 4.69) is 52.8 Å². The molecule has 1 fully saturated rings. The summed E-state index contributed by atoms with van der Waals surface area (Å²) in [4.78, 5) is 7.28. The molecule has 4 rings (SSSR count). The van der Waals surface area contributed by atoms with Crippen molar-refractivity contribution in [3.8, 4) is 11.5 Å². The zero-order valence-corrected chi connectivity index (χ0v) is 21.3. The Morgan fingerprint density at radius 2 is 1.56 bits per heavy atom. The maximum absolute atomic E-state index is 5.79. The average Bonchev–Trinajstić information content (AvgIpc) is 3.19. The Morgan fingerprint density at radius 1 is 0.875 bits per heavy atom. The molecule has 174 valence electrons. The van der Waals surface area contributed by atoms with Gasteiger partial charge in [0.15, 0.2) is 17.5 Å². The molecule has 2 aromatic rings. The van der Waals surface area contributed by atoms with E-state index in [0.29, 0.717) is 19.8 Å². The third-order valence-corrected chi connectivity index (χ3v) is 5.66. The van der Waals surface area contributed by atoms with Crippen LogP contribution in [0.3, 0.4) is 0 Å². The van der Waals surface area contributed by atoms with Crippen LogP contribution in [0.1, 0.15) is 42.9 Å². The van der Waals surface area contributed by atoms with Crippen molar-refractivity contribution in [1.82, 2.24) is 15.5 Å². The van der Waals surface area contributed by atoms with Crippen molar-refractivity contribution in [2.24, 2.45) is 4.99 Å². The highest BCUT2D eigenvalue weighted by molar-refractivity contribution is 14.0. The molecule has 0 atom stereocenters. The van der Waals surface area contributed by atoms with Gasteiger partial charge in [0.25, 0.3) is 0 Å². The molecular formula is C25H35IN4O2. The van der Waals surface area contributed by atoms with Crippen molar-refractivity contribution >= 4 is 29.9 Å². The zero-order valence-electron chi connectivity index (χ0n) is 18.9. The number of guanidine groups is 1. The summed E-state index contributed by atoms with van der Waals surface area (Å²) in [5.74, 6) is 2.45. The first kappa shape index (κ1) is 24.6. The van der Waals surface area contributed by atoms with Gasteiger partial charge in [-0.25, -0.2) is 4.99 Å². The van der Waals surface area contributed by atoms with Crippen molar-refractivity contribution in [2.75, 3.05) is 32.8 Å². The molecule has 0 aromatic heterocycles. The highest BCUT2D eigenvalue weighted by Gasteiger charge is 2.12. The highest BCUT2D eigenvalue weighted by atomic mass is 127. The molecule has 2 aliphatic heterocycles. The van der Waals surface area contributed by atoms with E-state index in [1.807, 2.05) is 12.1 Å². The first-order chi connectivity index (χ1) is 15.3. The summed E-state index contributed by atoms with van der Waals surface area (Å²) in [6.07, 6.45) is 3.58. The number of nitrogens with zero attached hydrogens (tertiary/aromatic N) is 2. The first-order valence-electron chi connectivity index (χ1n) is 11.5. The van der Waals surface area contributed by atoms with Crippen LogP contribution in [-0.2, 0) is 19.6 Å². The Bertz CT molecular complexity index is 867. The van der Waals surface area contributed by atoms with Crippen molar-refractivity contribution in [3.63, 3.8) is 0 Å². The maximum Gasteiger partial charge on any atom is 0.191 e. The Hall–Kier alpha value is -2.00. The van der Waals surface area contributed by atoms with Gasteiger partial charge in [-0.05, 0) is 61.7 Å². The molecular weight excluding hydrogens is 515 g/mol. The minimum absolute atomic E-state index is 0. The molecule has 0 amide bonds. The molecule has 2 aromatic carbocycles. The number of nitrogens with one attached hydrogen (secondary N) is 2. The van der Waals surface area contributed by atoms with Gasteiger partial charge < -0.3 is 20.1 Å². The summed E-state index contributed by atoms with van der Waals surface area (Å²) in [6, 6.07) is 15.0. The molecule has 32 heavy (non-hydrogen) atoms. The number of halogens is 1. The van der Waals surface area contributed by atoms with Crippen LogP contribution < -0.4 is 20.1 Å². The summed E-state index contributed by atoms with van der Waals surface area (Å²) in [5, 5.41) is 6.78. The summed E-state index contributed by atoms with van der Waals surface area (Å²) in [7, 11) is 0. The second kappa shape index (κ2) is 12.9. The molecule has 0 unspecified atom stereocenters. The molecule has 0 saturated carbocycles. The van der Waals surface area contributed by atoms with E-state index in [0.717, 1.165) is 49.1 Å². The lowest BCUT2D eigenvalue weighted by Crippen LogP contribution is -2.36. The van der Waals surface area contributed by atoms with E-state index in [1.54, 1.807) is 0 Å². The van der Waals surface area contributed by atoms with E-state index in [4.69, 9.17) is 14.5 Å². The number of ether oxygens (including phenoxy) is 2. The zero-order chi connectivity index (χ0) is 21.3. The molecule has 7 heteroatoms. The lowest BCUT2D eigenvalue weighted by molar-refractivity contribution is 0.297. The molecule has 2 N–H and O–H groups in total. The van der Waals surface area contributed by atoms with Crippen molar-refractivity contribution in [2.45, 2.75) is 45.8 Å². The summed E-state index contributed by atoms with van der Waals surface area (Å²) < 4.78 is 11.5. The third-order valence-electron chi connectivity index (χ3n) is 5.66. The first-order valence-corrected chi connectivity index (χ1v) is 11.5. The Kier molecular flexibility index (Phi) is 9.92. The van der Waals surface area contributed by atoms with E-state index >= 15 is 0 Å². The minimum atomic E-state index is 0. The molecule has 0 bridgehead atoms. The topological polar surface area (TPSA) is 58.1 Å². The largest absolute Gasteiger partial charge is 0.490 e. The minimum Gasteiger partial charge on any atom is -0.490 e. The van der Waals surface area contributed by atoms with Crippen LogP contribution in [0.4, 0.5) is 0 Å². The Morgan fingerprint density at radius 3 is 2.31 bits per heavy atom. The van der Waals surface area contributed by atoms with Crippen LogP contribution in [0.15, 0.2) is 47.5 Å². The number of fused-ring (bicyclic) bond motifs is 1. The molecule has 6 nitrogen and oxygen atoms in total. The van der Waals surface area contributed by atoms with Crippen molar-refractivity contribution in [1.29, 1.82) is 0 Å². The average molecular weight is 550 g/mol. The molecule has 2 aliphatic rings. The van der Waals surface area contributed by atoms with E-state index < -0.39 is 0 Å². The summed E-state index contributed by atoms with van der Waals surface area (Å²) in [5.41, 5.74) is 3.75. The summed E-state index contributed by atoms with van der Waals surface area (Å²) in [6.45, 7) is 9.16. The van der Waals surface area contributed by atoms with Crippen molar-refractivity contribution in [3.05, 3.63) is 59.2 Å². The normalized spacial score (nSPS) is 16.2. The van der Waals surface area contributed by atoms with E-state index in [1.165, 1.54) is 37.1 Å². The number of hydrogen-bond donors (Lipinski definition) is 2. The second-order valence-corrected chi connectivity index (χ2v) is 8.18. The van der Waals surface area contributed by atoms with Gasteiger partial charge in [-0.3, -0.25) is 4.90 Å². The van der Waals surface area contributed by atoms with Gasteiger partial charge in [0, 0.05) is 26.1 Å². The van der Waals surface area contributed by atoms with Crippen LogP contribution in [0.5, 0.6) is 11.5 Å². The lowest BCUT2D eigenvalue weighted by atomic mass is 10.1. The number of rotatable bonds is 7. The Balaban J connectivity index is 0.00000289. The van der Waals surface area contributed by atoms with Gasteiger partial charge in [0.2, 0.25) is 0 Å². The Labute approximate surface area is 208 Å². The van der Waals surface area contributed by atoms with Crippen LogP contribution in [0.25, 0.3) is 0 Å². The van der Waals surface area contributed by atoms with Gasteiger partial charge in [0.05, 0.1) is 19.8 Å². The standard InChI is InChI=1S/C25H34N4O2.HI/c1-2-26-25(28-18-22-10-11-23-24(16-22)31-15-5-14-30-23)27-17-20-6-8-21(9-7-20)19-29-12-3-4-13-29;/h6-11,16H,2-5,12-15,17-19H2,1H3,(H2,26,27,28);1H. The third kappa shape index (κ3) is 7.27. The highest BCUT2D eigenvalue weighted by Crippen LogP contribution is 2.30. The van der Waals surface area contributed by atoms with Crippen LogP contribution >= 0.6 is 24.0 Å². The molecule has 0 radical (unpaired) electrons. The predicted molar refractivity (Wildman–Crippen MR) is 140 cm³/mol. The summed E-state index contributed by atoms with van der Waals surface area (Å²) >= 11 is 0. The number of benzene rings is 2. The second-order valence-electron chi connectivity index (χ2n) is 8.18. The molecule has 2 heterocycles. The van der Waals surface area contributed by atoms with Gasteiger partial charge in [-0.2, -0.15) is 0 Å². The van der Waals surface area contributed by atoms with Gasteiger partial charge in [0.1, 0.15) is 0 Å². The predicted octanol–water partition coefficient (Wildman–Crippen LogP) is 4.32. The fourth-order valence-corrected chi connectivity index (χ4v) is 3.97. The quantitative estimate of drug-likeness (QED) is 0.306. The molecule has 1 saturated heterocycles. The number of hydrogen-bond acceptors (Lipinski definition) is 4. The molecule has 0 spiro atoms. The lowest BCUT2D eigenvalue weighted by Gasteiger charge is -2.15. The van der Waals surface area contributed by atoms with Crippen molar-refractivity contribution < 1.29 is 9.47 Å². The molecule has 0 aliphatic carbocycles. The fraction of sp³-hybridized carbons (Fsp3) is 0.480. The van der Waals surface area contributed by atoms with Gasteiger partial charge in [-0.1, -0.05) is 30.3 Å². The fourth-order valence-electron chi connectivity index (χ4n) is 3.97.